The first kappa shape index (κ1) is 31.2. The van der Waals surface area contributed by atoms with E-state index in [1.807, 2.05) is 55.5 Å². The Morgan fingerprint density at radius 3 is 2.56 bits per heavy atom. The molecule has 5 aromatic rings. The summed E-state index contributed by atoms with van der Waals surface area (Å²) in [5, 5.41) is 14.6. The summed E-state index contributed by atoms with van der Waals surface area (Å²) in [5.41, 5.74) is 4.01. The second-order valence-corrected chi connectivity index (χ2v) is 14.3. The molecule has 0 aliphatic carbocycles. The molecule has 7 rings (SSSR count). The number of benzene rings is 2. The lowest BCUT2D eigenvalue weighted by molar-refractivity contribution is -0.145. The first-order valence-electron chi connectivity index (χ1n) is 15.6. The smallest absolute Gasteiger partial charge is 0.334 e. The Labute approximate surface area is 277 Å². The lowest BCUT2D eigenvalue weighted by atomic mass is 9.89. The number of nitrogens with zero attached hydrogens (tertiary/aromatic N) is 8. The minimum atomic E-state index is -3.38. The monoisotopic (exact) mass is 664 g/mol. The van der Waals surface area contributed by atoms with Crippen LogP contribution in [0.3, 0.4) is 0 Å². The predicted octanol–water partition coefficient (Wildman–Crippen LogP) is 3.88. The third-order valence-corrected chi connectivity index (χ3v) is 11.0. The molecule has 0 spiro atoms. The summed E-state index contributed by atoms with van der Waals surface area (Å²) in [4.78, 5) is 42.8. The molecule has 1 unspecified atom stereocenters. The van der Waals surface area contributed by atoms with Gasteiger partial charge in [0.1, 0.15) is 11.9 Å². The molecule has 13 nitrogen and oxygen atoms in total. The van der Waals surface area contributed by atoms with Crippen molar-refractivity contribution in [1.29, 1.82) is 5.26 Å². The van der Waals surface area contributed by atoms with Gasteiger partial charge in [0, 0.05) is 47.7 Å². The van der Waals surface area contributed by atoms with Gasteiger partial charge in [-0.2, -0.15) is 19.4 Å². The molecule has 2 aliphatic rings. The molecule has 1 atom stereocenters. The van der Waals surface area contributed by atoms with Crippen LogP contribution in [0.1, 0.15) is 54.1 Å². The Morgan fingerprint density at radius 2 is 1.85 bits per heavy atom. The molecule has 244 valence electrons. The first-order chi connectivity index (χ1) is 23.2. The molecule has 0 N–H and O–H groups in total. The van der Waals surface area contributed by atoms with Crippen molar-refractivity contribution in [3.63, 3.8) is 0 Å². The average Bonchev–Trinajstić information content (AvgIpc) is 3.81. The van der Waals surface area contributed by atoms with Crippen LogP contribution in [-0.2, 0) is 26.9 Å². The number of hydrogen-bond donors (Lipinski definition) is 0. The second kappa shape index (κ2) is 12.0. The second-order valence-electron chi connectivity index (χ2n) is 12.0. The van der Waals surface area contributed by atoms with Crippen molar-refractivity contribution in [1.82, 2.24) is 28.8 Å². The van der Waals surface area contributed by atoms with Gasteiger partial charge in [-0.1, -0.05) is 37.3 Å². The highest BCUT2D eigenvalue weighted by molar-refractivity contribution is 7.89. The average molecular weight is 665 g/mol. The minimum absolute atomic E-state index is 0.0116. The summed E-state index contributed by atoms with van der Waals surface area (Å²) in [5.74, 6) is -1.08. The Bertz CT molecular complexity index is 2200. The van der Waals surface area contributed by atoms with E-state index in [9.17, 15) is 23.3 Å². The summed E-state index contributed by atoms with van der Waals surface area (Å²) in [7, 11) is -3.38. The zero-order valence-corrected chi connectivity index (χ0v) is 27.2. The quantitative estimate of drug-likeness (QED) is 0.216. The van der Waals surface area contributed by atoms with Crippen molar-refractivity contribution in [3.8, 4) is 17.3 Å². The van der Waals surface area contributed by atoms with E-state index in [1.54, 1.807) is 41.2 Å². The summed E-state index contributed by atoms with van der Waals surface area (Å²) in [6, 6.07) is 18.9. The van der Waals surface area contributed by atoms with Crippen LogP contribution in [0.25, 0.3) is 22.3 Å². The molecular weight excluding hydrogens is 632 g/mol. The van der Waals surface area contributed by atoms with E-state index >= 15 is 0 Å². The van der Waals surface area contributed by atoms with Gasteiger partial charge in [0.05, 0.1) is 42.6 Å². The van der Waals surface area contributed by atoms with Gasteiger partial charge in [0.15, 0.2) is 5.65 Å². The maximum Gasteiger partial charge on any atom is 0.340 e. The van der Waals surface area contributed by atoms with E-state index in [4.69, 9.17) is 4.84 Å². The number of amides is 1. The molecule has 1 amide bonds. The van der Waals surface area contributed by atoms with Gasteiger partial charge in [-0.25, -0.2) is 23.2 Å². The number of carbonyl (C=O) groups is 2. The van der Waals surface area contributed by atoms with Gasteiger partial charge >= 0.3 is 5.97 Å². The fourth-order valence-electron chi connectivity index (χ4n) is 6.46. The van der Waals surface area contributed by atoms with Crippen LogP contribution in [-0.4, -0.2) is 67.9 Å². The summed E-state index contributed by atoms with van der Waals surface area (Å²) in [6.45, 7) is 4.32. The topological polar surface area (TPSA) is 156 Å². The molecule has 0 bridgehead atoms. The SMILES string of the molecule is CCC(C(=O)On1ccc2c(-c3cnn(C4(CC#N)CN(S(=O)(=O)CC)C4)c3)ncnc21)c1ccc(N2Cc3ccccc3C2=O)cc1. The highest BCUT2D eigenvalue weighted by Crippen LogP contribution is 2.36. The summed E-state index contributed by atoms with van der Waals surface area (Å²) in [6.07, 6.45) is 6.94. The molecule has 0 saturated carbocycles. The standard InChI is InChI=1S/C34H32N8O5S/c1-3-27(23-9-11-26(12-10-23)40-18-24-7-5-6-8-28(24)32(40)43)33(44)47-41-16-13-29-30(36-22-37-31(29)41)25-17-38-42(19-25)34(14-15-35)20-39(21-34)48(45,46)4-2/h5-13,16-17,19,22,27H,3-4,14,18,20-21H2,1-2H3. The van der Waals surface area contributed by atoms with E-state index in [0.717, 1.165) is 16.8 Å². The molecule has 1 fully saturated rings. The number of hydrogen-bond acceptors (Lipinski definition) is 9. The number of aromatic nitrogens is 5. The fourth-order valence-corrected chi connectivity index (χ4v) is 7.70. The van der Waals surface area contributed by atoms with Crippen molar-refractivity contribution >= 4 is 38.6 Å². The Kier molecular flexibility index (Phi) is 7.81. The number of rotatable bonds is 10. The van der Waals surface area contributed by atoms with Crippen molar-refractivity contribution in [2.45, 2.75) is 44.7 Å². The molecular formula is C34H32N8O5S. The highest BCUT2D eigenvalue weighted by Gasteiger charge is 2.49. The summed E-state index contributed by atoms with van der Waals surface area (Å²) >= 11 is 0. The lowest BCUT2D eigenvalue weighted by Crippen LogP contribution is -2.64. The molecule has 2 aromatic carbocycles. The van der Waals surface area contributed by atoms with Crippen LogP contribution < -0.4 is 9.74 Å². The van der Waals surface area contributed by atoms with Crippen LogP contribution in [0, 0.1) is 11.3 Å². The Morgan fingerprint density at radius 1 is 1.08 bits per heavy atom. The molecule has 0 radical (unpaired) electrons. The van der Waals surface area contributed by atoms with Crippen LogP contribution >= 0.6 is 0 Å². The molecule has 1 saturated heterocycles. The molecule has 5 heterocycles. The molecule has 48 heavy (non-hydrogen) atoms. The van der Waals surface area contributed by atoms with Crippen LogP contribution in [0.5, 0.6) is 0 Å². The van der Waals surface area contributed by atoms with Gasteiger partial charge in [-0.05, 0) is 48.7 Å². The van der Waals surface area contributed by atoms with Crippen molar-refractivity contribution < 1.29 is 22.8 Å². The van der Waals surface area contributed by atoms with Crippen molar-refractivity contribution in [3.05, 3.63) is 96.2 Å². The minimum Gasteiger partial charge on any atom is -0.334 e. The van der Waals surface area contributed by atoms with E-state index in [0.29, 0.717) is 40.8 Å². The number of nitriles is 1. The van der Waals surface area contributed by atoms with Gasteiger partial charge in [-0.3, -0.25) is 9.48 Å². The maximum atomic E-state index is 13.5. The normalized spacial score (nSPS) is 16.4. The van der Waals surface area contributed by atoms with Crippen LogP contribution in [0.2, 0.25) is 0 Å². The lowest BCUT2D eigenvalue weighted by Gasteiger charge is -2.47. The van der Waals surface area contributed by atoms with Gasteiger partial charge in [0.2, 0.25) is 10.0 Å². The number of fused-ring (bicyclic) bond motifs is 2. The number of sulfonamides is 1. The largest absolute Gasteiger partial charge is 0.340 e. The zero-order chi connectivity index (χ0) is 33.6. The zero-order valence-electron chi connectivity index (χ0n) is 26.4. The van der Waals surface area contributed by atoms with Gasteiger partial charge in [-0.15, -0.1) is 0 Å². The maximum absolute atomic E-state index is 13.5. The molecule has 3 aromatic heterocycles. The predicted molar refractivity (Wildman–Crippen MR) is 176 cm³/mol. The first-order valence-corrected chi connectivity index (χ1v) is 17.2. The van der Waals surface area contributed by atoms with Crippen molar-refractivity contribution in [2.75, 3.05) is 23.7 Å². The fraction of sp³-hybridized carbons (Fsp3) is 0.294. The van der Waals surface area contributed by atoms with Gasteiger partial charge < -0.3 is 9.74 Å². The highest BCUT2D eigenvalue weighted by atomic mass is 32.2. The van der Waals surface area contributed by atoms with E-state index in [1.165, 1.54) is 15.4 Å². The Hall–Kier alpha value is -5.39. The van der Waals surface area contributed by atoms with E-state index < -0.39 is 27.4 Å². The van der Waals surface area contributed by atoms with E-state index in [-0.39, 0.29) is 31.2 Å². The third-order valence-electron chi connectivity index (χ3n) is 9.21. The number of anilines is 1. The third kappa shape index (κ3) is 5.21. The Balaban J connectivity index is 1.08. The number of carbonyl (C=O) groups excluding carboxylic acids is 2. The van der Waals surface area contributed by atoms with Crippen LogP contribution in [0.4, 0.5) is 5.69 Å². The molecule has 2 aliphatic heterocycles. The van der Waals surface area contributed by atoms with Crippen molar-refractivity contribution in [2.24, 2.45) is 0 Å². The van der Waals surface area contributed by atoms with Crippen LogP contribution in [0.15, 0.2) is 79.5 Å². The molecule has 14 heteroatoms. The van der Waals surface area contributed by atoms with E-state index in [2.05, 4.69) is 21.1 Å². The summed E-state index contributed by atoms with van der Waals surface area (Å²) < 4.78 is 29.0. The van der Waals surface area contributed by atoms with Gasteiger partial charge in [0.25, 0.3) is 5.91 Å².